The molecular weight excluding hydrogens is 547 g/mol. The average Bonchev–Trinajstić information content (AvgIpc) is 2.91. The van der Waals surface area contributed by atoms with Gasteiger partial charge in [0.05, 0.1) is 6.61 Å². The Morgan fingerprint density at radius 2 is 1.41 bits per heavy atom. The molecule has 0 aliphatic heterocycles. The van der Waals surface area contributed by atoms with Crippen LogP contribution in [0.25, 0.3) is 0 Å². The molecular formula is C35H49O4PS. The van der Waals surface area contributed by atoms with E-state index in [2.05, 4.69) is 73.6 Å². The largest absolute Gasteiger partial charge is 0.508 e. The van der Waals surface area contributed by atoms with E-state index in [1.807, 2.05) is 30.3 Å². The molecule has 0 heterocycles. The van der Waals surface area contributed by atoms with E-state index in [1.165, 1.54) is 36.1 Å². The zero-order valence-electron chi connectivity index (χ0n) is 26.3. The maximum absolute atomic E-state index is 10.6. The molecule has 3 aromatic rings. The van der Waals surface area contributed by atoms with Crippen LogP contribution >= 0.6 is 20.4 Å². The van der Waals surface area contributed by atoms with E-state index >= 15 is 0 Å². The number of phenolic OH excluding ortho intramolecular Hbond substituents is 1. The van der Waals surface area contributed by atoms with Crippen LogP contribution in [-0.4, -0.2) is 11.7 Å². The monoisotopic (exact) mass is 596 g/mol. The summed E-state index contributed by atoms with van der Waals surface area (Å²) in [6.07, 6.45) is 8.06. The third-order valence-electron chi connectivity index (χ3n) is 7.13. The highest BCUT2D eigenvalue weighted by molar-refractivity contribution is 7.99. The molecule has 6 heteroatoms. The number of hydrogen-bond donors (Lipinski definition) is 1. The zero-order chi connectivity index (χ0) is 30.0. The van der Waals surface area contributed by atoms with Crippen molar-refractivity contribution < 1.29 is 18.7 Å². The number of hydrogen-bond acceptors (Lipinski definition) is 5. The van der Waals surface area contributed by atoms with Crippen LogP contribution in [0, 0.1) is 20.8 Å². The molecule has 0 fully saturated rings. The van der Waals surface area contributed by atoms with Crippen LogP contribution in [0.2, 0.25) is 0 Å². The van der Waals surface area contributed by atoms with Gasteiger partial charge in [0.15, 0.2) is 0 Å². The summed E-state index contributed by atoms with van der Waals surface area (Å²) >= 11 is 1.74. The van der Waals surface area contributed by atoms with E-state index in [-0.39, 0.29) is 5.41 Å². The van der Waals surface area contributed by atoms with Crippen LogP contribution in [0.3, 0.4) is 0 Å². The third kappa shape index (κ3) is 10.2. The summed E-state index contributed by atoms with van der Waals surface area (Å²) in [6.45, 7) is 17.6. The number of unbranched alkanes of at least 4 members (excludes halogenated alkanes) is 5. The molecule has 1 N–H and O–H groups in total. The van der Waals surface area contributed by atoms with Gasteiger partial charge in [-0.1, -0.05) is 96.2 Å². The Labute approximate surface area is 254 Å². The first-order valence-electron chi connectivity index (χ1n) is 15.0. The van der Waals surface area contributed by atoms with Gasteiger partial charge in [0, 0.05) is 15.4 Å². The lowest BCUT2D eigenvalue weighted by atomic mass is 9.86. The second kappa shape index (κ2) is 15.9. The van der Waals surface area contributed by atoms with Crippen molar-refractivity contribution in [2.45, 2.75) is 116 Å². The Kier molecular flexibility index (Phi) is 12.9. The molecule has 224 valence electrons. The van der Waals surface area contributed by atoms with Crippen LogP contribution in [0.1, 0.15) is 101 Å². The normalized spacial score (nSPS) is 12.4. The first-order valence-corrected chi connectivity index (χ1v) is 16.9. The van der Waals surface area contributed by atoms with Gasteiger partial charge in [-0.2, -0.15) is 0 Å². The predicted molar refractivity (Wildman–Crippen MR) is 175 cm³/mol. The van der Waals surface area contributed by atoms with E-state index in [0.29, 0.717) is 12.4 Å². The summed E-state index contributed by atoms with van der Waals surface area (Å²) in [4.78, 5) is 2.33. The van der Waals surface area contributed by atoms with Crippen molar-refractivity contribution >= 4 is 20.4 Å². The fourth-order valence-electron chi connectivity index (χ4n) is 4.54. The Morgan fingerprint density at radius 1 is 0.780 bits per heavy atom. The van der Waals surface area contributed by atoms with Crippen LogP contribution in [0.4, 0.5) is 0 Å². The van der Waals surface area contributed by atoms with Crippen molar-refractivity contribution in [2.75, 3.05) is 6.61 Å². The van der Waals surface area contributed by atoms with Gasteiger partial charge < -0.3 is 14.2 Å². The van der Waals surface area contributed by atoms with Crippen molar-refractivity contribution in [3.05, 3.63) is 76.3 Å². The van der Waals surface area contributed by atoms with Gasteiger partial charge in [-0.15, -0.1) is 0 Å². The summed E-state index contributed by atoms with van der Waals surface area (Å²) in [5, 5.41) is 10.6. The van der Waals surface area contributed by atoms with Gasteiger partial charge in [0.2, 0.25) is 0 Å². The first-order chi connectivity index (χ1) is 19.5. The fraction of sp³-hybridized carbons (Fsp3) is 0.486. The van der Waals surface area contributed by atoms with E-state index in [4.69, 9.17) is 13.6 Å². The summed E-state index contributed by atoms with van der Waals surface area (Å²) in [5.41, 5.74) is 5.32. The maximum atomic E-state index is 10.6. The highest BCUT2D eigenvalue weighted by Gasteiger charge is 2.22. The van der Waals surface area contributed by atoms with E-state index in [1.54, 1.807) is 11.8 Å². The molecule has 1 unspecified atom stereocenters. The predicted octanol–water partition coefficient (Wildman–Crippen LogP) is 11.4. The highest BCUT2D eigenvalue weighted by Crippen LogP contribution is 2.46. The Balaban J connectivity index is 1.80. The quantitative estimate of drug-likeness (QED) is 0.140. The topological polar surface area (TPSA) is 47.9 Å². The lowest BCUT2D eigenvalue weighted by Crippen LogP contribution is -2.11. The van der Waals surface area contributed by atoms with Crippen molar-refractivity contribution in [1.82, 2.24) is 0 Å². The first kappa shape index (κ1) is 33.3. The molecule has 0 amide bonds. The SMILES string of the molecule is CCCCCCCCOP(Oc1ccc(C)cc1)Oc1cc(C)c(Sc2cc(C(C)(C)C)c(O)cc2C)cc1CC. The lowest BCUT2D eigenvalue weighted by Gasteiger charge is -2.23. The molecule has 0 spiro atoms. The van der Waals surface area contributed by atoms with Gasteiger partial charge in [0.1, 0.15) is 17.2 Å². The van der Waals surface area contributed by atoms with Crippen LogP contribution in [-0.2, 0) is 16.4 Å². The Hall–Kier alpha value is -2.20. The van der Waals surface area contributed by atoms with Gasteiger partial charge in [0.25, 0.3) is 0 Å². The average molecular weight is 597 g/mol. The minimum Gasteiger partial charge on any atom is -0.508 e. The van der Waals surface area contributed by atoms with Gasteiger partial charge >= 0.3 is 8.60 Å². The minimum absolute atomic E-state index is 0.140. The molecule has 3 rings (SSSR count). The maximum Gasteiger partial charge on any atom is 0.463 e. The molecule has 0 aliphatic rings. The third-order valence-corrected chi connectivity index (χ3v) is 9.55. The second-order valence-electron chi connectivity index (χ2n) is 11.9. The molecule has 0 radical (unpaired) electrons. The van der Waals surface area contributed by atoms with Crippen LogP contribution in [0.5, 0.6) is 17.2 Å². The lowest BCUT2D eigenvalue weighted by molar-refractivity contribution is 0.257. The van der Waals surface area contributed by atoms with Crippen LogP contribution < -0.4 is 9.05 Å². The molecule has 4 nitrogen and oxygen atoms in total. The smallest absolute Gasteiger partial charge is 0.463 e. The number of benzene rings is 3. The van der Waals surface area contributed by atoms with Gasteiger partial charge in [-0.3, -0.25) is 4.52 Å². The second-order valence-corrected chi connectivity index (χ2v) is 14.0. The van der Waals surface area contributed by atoms with Gasteiger partial charge in [-0.05, 0) is 92.1 Å². The van der Waals surface area contributed by atoms with Crippen molar-refractivity contribution in [3.63, 3.8) is 0 Å². The number of aryl methyl sites for hydroxylation is 4. The van der Waals surface area contributed by atoms with Crippen molar-refractivity contribution in [2.24, 2.45) is 0 Å². The van der Waals surface area contributed by atoms with E-state index < -0.39 is 8.60 Å². The number of rotatable bonds is 15. The van der Waals surface area contributed by atoms with Crippen LogP contribution in [0.15, 0.2) is 58.3 Å². The Morgan fingerprint density at radius 3 is 2.07 bits per heavy atom. The fourth-order valence-corrected chi connectivity index (χ4v) is 6.64. The molecule has 1 atom stereocenters. The minimum atomic E-state index is -1.60. The summed E-state index contributed by atoms with van der Waals surface area (Å²) in [7, 11) is -1.60. The molecule has 0 saturated heterocycles. The molecule has 41 heavy (non-hydrogen) atoms. The molecule has 0 aromatic heterocycles. The molecule has 0 bridgehead atoms. The Bertz CT molecular complexity index is 1250. The van der Waals surface area contributed by atoms with E-state index in [0.717, 1.165) is 57.9 Å². The zero-order valence-corrected chi connectivity index (χ0v) is 28.0. The highest BCUT2D eigenvalue weighted by atomic mass is 32.2. The summed E-state index contributed by atoms with van der Waals surface area (Å²) in [5.74, 6) is 1.93. The van der Waals surface area contributed by atoms with Gasteiger partial charge in [-0.25, -0.2) is 0 Å². The summed E-state index contributed by atoms with van der Waals surface area (Å²) in [6, 6.07) is 16.4. The molecule has 0 saturated carbocycles. The molecule has 3 aromatic carbocycles. The molecule has 0 aliphatic carbocycles. The summed E-state index contributed by atoms with van der Waals surface area (Å²) < 4.78 is 18.9. The number of phenols is 1. The standard InChI is InChI=1S/C35H49O4PS/c1-9-11-12-13-14-15-20-37-40(38-29-18-16-25(3)17-19-29)39-32-22-27(5)33(23-28(32)10-2)41-34-24-30(35(6,7)8)31(36)21-26(34)4/h16-19,21-24,36H,9-15,20H2,1-8H3. The number of aromatic hydroxyl groups is 1. The van der Waals surface area contributed by atoms with E-state index in [9.17, 15) is 5.11 Å². The van der Waals surface area contributed by atoms with Crippen molar-refractivity contribution in [1.29, 1.82) is 0 Å². The van der Waals surface area contributed by atoms with Crippen molar-refractivity contribution in [3.8, 4) is 17.2 Å².